The van der Waals surface area contributed by atoms with E-state index in [-0.39, 0.29) is 51.6 Å². The fraction of sp³-hybridized carbons (Fsp3) is 0.226. The third-order valence-corrected chi connectivity index (χ3v) is 7.90. The molecule has 220 valence electrons. The van der Waals surface area contributed by atoms with Crippen molar-refractivity contribution in [2.45, 2.75) is 13.3 Å². The number of hydrogen-bond acceptors (Lipinski definition) is 10. The van der Waals surface area contributed by atoms with Crippen molar-refractivity contribution in [3.05, 3.63) is 49.3 Å². The van der Waals surface area contributed by atoms with E-state index in [1.807, 2.05) is 6.92 Å². The van der Waals surface area contributed by atoms with E-state index in [9.17, 15) is 34.5 Å². The number of methoxy groups -OCH3 is 3. The summed E-state index contributed by atoms with van der Waals surface area (Å²) < 4.78 is 17.2. The molecule has 0 bridgehead atoms. The highest BCUT2D eigenvalue weighted by Crippen LogP contribution is 2.54. The van der Waals surface area contributed by atoms with Crippen molar-refractivity contribution in [3.8, 4) is 23.0 Å². The highest BCUT2D eigenvalue weighted by atomic mass is 16.5. The number of carbonyl (C=O) groups is 2. The second-order valence-corrected chi connectivity index (χ2v) is 10.3. The number of rotatable bonds is 9. The van der Waals surface area contributed by atoms with Crippen LogP contribution >= 0.6 is 0 Å². The van der Waals surface area contributed by atoms with Crippen LogP contribution in [-0.2, 0) is 16.0 Å². The molecule has 0 heterocycles. The number of phenolic OH excluding ortho intramolecular Hbond substituents is 1. The van der Waals surface area contributed by atoms with Crippen LogP contribution in [0.25, 0.3) is 49.2 Å². The number of anilines is 2. The van der Waals surface area contributed by atoms with Gasteiger partial charge < -0.3 is 40.2 Å². The molecule has 0 amide bonds. The van der Waals surface area contributed by atoms with E-state index in [1.54, 1.807) is 6.08 Å². The van der Waals surface area contributed by atoms with Crippen LogP contribution in [0.5, 0.6) is 23.0 Å². The number of carboxylic acid groups (broad SMARTS) is 2. The van der Waals surface area contributed by atoms with Crippen molar-refractivity contribution < 1.29 is 39.1 Å². The van der Waals surface area contributed by atoms with E-state index in [0.29, 0.717) is 43.4 Å². The van der Waals surface area contributed by atoms with Gasteiger partial charge in [0.25, 0.3) is 0 Å². The average Bonchev–Trinajstić information content (AvgIpc) is 3.11. The largest absolute Gasteiger partial charge is 0.507 e. The maximum absolute atomic E-state index is 14.2. The lowest BCUT2D eigenvalue weighted by atomic mass is 9.83. The molecule has 0 fully saturated rings. The standard InChI is InChI=1S/C31H26N2O10/c1-11-5-12-20-21-13(6-11)31(43-4)30(40)22-14(32-9-18(35)36)7-16(41-2)24(26(21)22)25-17(42-3)8-15(34)23(27(20)25)29(39)28(12)33-10-19(37)38/h5,7-8,32-34H,6,9-10H2,1-4H3,(H,35,36)(H,37,38). The summed E-state index contributed by atoms with van der Waals surface area (Å²) in [5.74, 6) is -2.22. The number of benzene rings is 5. The Balaban J connectivity index is 2.04. The van der Waals surface area contributed by atoms with E-state index in [0.717, 1.165) is 5.57 Å². The van der Waals surface area contributed by atoms with Crippen molar-refractivity contribution >= 4 is 72.5 Å². The van der Waals surface area contributed by atoms with Crippen molar-refractivity contribution in [3.63, 3.8) is 0 Å². The van der Waals surface area contributed by atoms with Gasteiger partial charge in [0.2, 0.25) is 10.9 Å². The monoisotopic (exact) mass is 586 g/mol. The van der Waals surface area contributed by atoms with Gasteiger partial charge in [-0.1, -0.05) is 11.6 Å². The van der Waals surface area contributed by atoms with Crippen LogP contribution < -0.4 is 35.7 Å². The van der Waals surface area contributed by atoms with Gasteiger partial charge in [0.15, 0.2) is 5.75 Å². The van der Waals surface area contributed by atoms with Crippen molar-refractivity contribution in [2.75, 3.05) is 45.1 Å². The highest BCUT2D eigenvalue weighted by molar-refractivity contribution is 6.39. The Morgan fingerprint density at radius 2 is 1.37 bits per heavy atom. The quantitative estimate of drug-likeness (QED) is 0.125. The van der Waals surface area contributed by atoms with E-state index in [4.69, 9.17) is 14.2 Å². The number of allylic oxidation sites excluding steroid dienone is 1. The van der Waals surface area contributed by atoms with E-state index < -0.39 is 35.9 Å². The van der Waals surface area contributed by atoms with Gasteiger partial charge in [0.1, 0.15) is 30.3 Å². The summed E-state index contributed by atoms with van der Waals surface area (Å²) in [7, 11) is 4.20. The smallest absolute Gasteiger partial charge is 0.322 e. The molecule has 5 N–H and O–H groups in total. The maximum Gasteiger partial charge on any atom is 0.322 e. The molecule has 5 aromatic rings. The molecule has 0 aliphatic heterocycles. The second-order valence-electron chi connectivity index (χ2n) is 10.3. The Bertz CT molecular complexity index is 2190. The molecular formula is C31H26N2O10. The van der Waals surface area contributed by atoms with Crippen LogP contribution in [0.1, 0.15) is 18.1 Å². The first-order valence-electron chi connectivity index (χ1n) is 13.2. The number of aliphatic carboxylic acids is 2. The lowest BCUT2D eigenvalue weighted by Crippen LogP contribution is -2.20. The van der Waals surface area contributed by atoms with Crippen molar-refractivity contribution in [2.24, 2.45) is 0 Å². The fourth-order valence-electron chi connectivity index (χ4n) is 6.40. The summed E-state index contributed by atoms with van der Waals surface area (Å²) in [4.78, 5) is 51.3. The molecule has 0 saturated carbocycles. The third kappa shape index (κ3) is 3.83. The summed E-state index contributed by atoms with van der Waals surface area (Å²) in [5.41, 5.74) is 0.710. The topological polar surface area (TPSA) is 181 Å². The highest BCUT2D eigenvalue weighted by Gasteiger charge is 2.32. The fourth-order valence-corrected chi connectivity index (χ4v) is 6.40. The summed E-state index contributed by atoms with van der Waals surface area (Å²) >= 11 is 0. The molecule has 0 spiro atoms. The molecule has 0 unspecified atom stereocenters. The zero-order valence-electron chi connectivity index (χ0n) is 23.6. The van der Waals surface area contributed by atoms with Crippen LogP contribution in [0.4, 0.5) is 11.4 Å². The van der Waals surface area contributed by atoms with Gasteiger partial charge in [-0.3, -0.25) is 19.2 Å². The van der Waals surface area contributed by atoms with Crippen LogP contribution in [0.3, 0.4) is 0 Å². The number of fused-ring (bicyclic) bond motifs is 1. The van der Waals surface area contributed by atoms with Gasteiger partial charge in [-0.2, -0.15) is 0 Å². The number of phenols is 1. The molecule has 12 heteroatoms. The zero-order chi connectivity index (χ0) is 30.9. The van der Waals surface area contributed by atoms with E-state index in [2.05, 4.69) is 10.6 Å². The van der Waals surface area contributed by atoms with Gasteiger partial charge in [0, 0.05) is 50.2 Å². The Morgan fingerprint density at radius 3 is 1.98 bits per heavy atom. The number of ether oxygens (including phenoxy) is 3. The van der Waals surface area contributed by atoms with Crippen LogP contribution in [-0.4, -0.2) is 61.7 Å². The van der Waals surface area contributed by atoms with Gasteiger partial charge in [-0.25, -0.2) is 0 Å². The van der Waals surface area contributed by atoms with Crippen molar-refractivity contribution in [1.82, 2.24) is 0 Å². The SMILES string of the molecule is COc1c2c3c4c(c(NCC(=O)O)c(=O)c5c(O)cc(OC)c(c6c(OC)cc(NCC(=O)O)c(c1=O)c63)c54)C=C(C)C2. The molecule has 0 saturated heterocycles. The molecule has 6 rings (SSSR count). The molecule has 1 aliphatic carbocycles. The van der Waals surface area contributed by atoms with Gasteiger partial charge in [0.05, 0.1) is 43.5 Å². The van der Waals surface area contributed by atoms with Crippen LogP contribution in [0, 0.1) is 0 Å². The minimum absolute atomic E-state index is 0.0302. The zero-order valence-corrected chi connectivity index (χ0v) is 23.6. The van der Waals surface area contributed by atoms with Crippen LogP contribution in [0.15, 0.2) is 27.3 Å². The van der Waals surface area contributed by atoms with Gasteiger partial charge in [-0.15, -0.1) is 0 Å². The van der Waals surface area contributed by atoms with E-state index >= 15 is 0 Å². The molecule has 43 heavy (non-hydrogen) atoms. The number of nitrogens with one attached hydrogen (secondary N) is 2. The predicted molar refractivity (Wildman–Crippen MR) is 162 cm³/mol. The second kappa shape index (κ2) is 9.79. The summed E-state index contributed by atoms with van der Waals surface area (Å²) in [6.07, 6.45) is 2.00. The lowest BCUT2D eigenvalue weighted by molar-refractivity contribution is -0.135. The molecule has 0 atom stereocenters. The van der Waals surface area contributed by atoms with Gasteiger partial charge >= 0.3 is 11.9 Å². The first-order chi connectivity index (χ1) is 20.5. The Morgan fingerprint density at radius 1 is 0.767 bits per heavy atom. The molecule has 5 aromatic carbocycles. The average molecular weight is 587 g/mol. The Labute approximate surface area is 242 Å². The maximum atomic E-state index is 14.2. The Kier molecular flexibility index (Phi) is 6.29. The minimum atomic E-state index is -1.20. The molecule has 12 nitrogen and oxygen atoms in total. The number of hydrogen-bond donors (Lipinski definition) is 5. The molecule has 0 radical (unpaired) electrons. The first kappa shape index (κ1) is 27.6. The summed E-state index contributed by atoms with van der Waals surface area (Å²) in [5, 5.41) is 38.2. The van der Waals surface area contributed by atoms with Crippen LogP contribution in [0.2, 0.25) is 0 Å². The number of aromatic hydroxyl groups is 1. The normalized spacial score (nSPS) is 12.6. The molecular weight excluding hydrogens is 560 g/mol. The third-order valence-electron chi connectivity index (χ3n) is 7.90. The van der Waals surface area contributed by atoms with E-state index in [1.165, 1.54) is 33.5 Å². The van der Waals surface area contributed by atoms with Crippen molar-refractivity contribution in [1.29, 1.82) is 0 Å². The molecule has 0 aromatic heterocycles. The Hall–Kier alpha value is -5.52. The number of carboxylic acids is 2. The molecule has 1 aliphatic rings. The minimum Gasteiger partial charge on any atom is -0.507 e. The summed E-state index contributed by atoms with van der Waals surface area (Å²) in [6, 6.07) is 2.80. The first-order valence-corrected chi connectivity index (χ1v) is 13.2. The lowest BCUT2D eigenvalue weighted by Gasteiger charge is -2.24. The predicted octanol–water partition coefficient (Wildman–Crippen LogP) is 3.58. The van der Waals surface area contributed by atoms with Gasteiger partial charge in [-0.05, 0) is 18.7 Å². The summed E-state index contributed by atoms with van der Waals surface area (Å²) in [6.45, 7) is 0.758.